The first-order chi connectivity index (χ1) is 13.1. The molecule has 0 saturated carbocycles. The van der Waals surface area contributed by atoms with Crippen molar-refractivity contribution in [1.82, 2.24) is 0 Å². The molecule has 0 fully saturated rings. The van der Waals surface area contributed by atoms with Crippen molar-refractivity contribution in [2.75, 3.05) is 18.5 Å². The summed E-state index contributed by atoms with van der Waals surface area (Å²) in [6, 6.07) is 16.4. The molecule has 0 saturated heterocycles. The van der Waals surface area contributed by atoms with E-state index in [2.05, 4.69) is 10.3 Å². The number of carbonyl (C=O) groups excluding carboxylic acids is 2. The van der Waals surface area contributed by atoms with E-state index in [1.54, 1.807) is 24.3 Å². The molecule has 1 aliphatic rings. The number of carbonyl (C=O) groups is 2. The first-order valence-corrected chi connectivity index (χ1v) is 9.50. The third-order valence-electron chi connectivity index (χ3n) is 3.71. The van der Waals surface area contributed by atoms with E-state index in [0.29, 0.717) is 23.1 Å². The number of nitrogens with one attached hydrogen (secondary N) is 1. The van der Waals surface area contributed by atoms with Crippen LogP contribution in [-0.4, -0.2) is 35.3 Å². The summed E-state index contributed by atoms with van der Waals surface area (Å²) in [5.74, 6) is 0.928. The second-order valence-electron chi connectivity index (χ2n) is 5.76. The Morgan fingerprint density at radius 3 is 2.48 bits per heavy atom. The van der Waals surface area contributed by atoms with Crippen molar-refractivity contribution in [2.45, 2.75) is 18.6 Å². The van der Waals surface area contributed by atoms with Crippen molar-refractivity contribution < 1.29 is 19.1 Å². The zero-order chi connectivity index (χ0) is 19.1. The Morgan fingerprint density at radius 1 is 1.07 bits per heavy atom. The van der Waals surface area contributed by atoms with Gasteiger partial charge >= 0.3 is 0 Å². The van der Waals surface area contributed by atoms with Gasteiger partial charge < -0.3 is 14.8 Å². The van der Waals surface area contributed by atoms with Gasteiger partial charge in [0.05, 0.1) is 6.61 Å². The fraction of sp³-hybridized carbons (Fsp3) is 0.250. The Balaban J connectivity index is 1.46. The predicted octanol–water partition coefficient (Wildman–Crippen LogP) is 3.53. The highest BCUT2D eigenvalue weighted by molar-refractivity contribution is 8.15. The van der Waals surface area contributed by atoms with Crippen molar-refractivity contribution in [2.24, 2.45) is 4.99 Å². The summed E-state index contributed by atoms with van der Waals surface area (Å²) in [5.41, 5.74) is 0.660. The molecule has 2 amide bonds. The highest BCUT2D eigenvalue weighted by Crippen LogP contribution is 2.26. The zero-order valence-corrected chi connectivity index (χ0v) is 15.7. The van der Waals surface area contributed by atoms with Gasteiger partial charge in [0, 0.05) is 12.1 Å². The van der Waals surface area contributed by atoms with Gasteiger partial charge in [-0.3, -0.25) is 9.59 Å². The number of anilines is 1. The average molecular weight is 384 g/mol. The maximum Gasteiger partial charge on any atom is 0.260 e. The van der Waals surface area contributed by atoms with E-state index >= 15 is 0 Å². The largest absolute Gasteiger partial charge is 0.494 e. The molecular weight excluding hydrogens is 364 g/mol. The number of hydrogen-bond donors (Lipinski definition) is 1. The molecule has 0 radical (unpaired) electrons. The first kappa shape index (κ1) is 19.0. The molecule has 2 aromatic carbocycles. The molecule has 1 aliphatic heterocycles. The summed E-state index contributed by atoms with van der Waals surface area (Å²) in [7, 11) is 0. The SMILES string of the molecule is CCOc1ccc(NC(=O)C[C@@H]2SC(COc3ccccc3)=NC2=O)cc1. The molecule has 2 aromatic rings. The lowest BCUT2D eigenvalue weighted by molar-refractivity contribution is -0.121. The lowest BCUT2D eigenvalue weighted by Crippen LogP contribution is -2.21. The minimum Gasteiger partial charge on any atom is -0.494 e. The van der Waals surface area contributed by atoms with Crippen LogP contribution in [0, 0.1) is 0 Å². The molecule has 27 heavy (non-hydrogen) atoms. The van der Waals surface area contributed by atoms with Crippen molar-refractivity contribution >= 4 is 34.3 Å². The number of para-hydroxylation sites is 1. The molecular formula is C20H20N2O4S. The van der Waals surface area contributed by atoms with Crippen molar-refractivity contribution in [3.05, 3.63) is 54.6 Å². The molecule has 0 spiro atoms. The summed E-state index contributed by atoms with van der Waals surface area (Å²) in [6.07, 6.45) is 0.0645. The lowest BCUT2D eigenvalue weighted by Gasteiger charge is -2.09. The summed E-state index contributed by atoms with van der Waals surface area (Å²) in [6.45, 7) is 2.72. The van der Waals surface area contributed by atoms with E-state index in [4.69, 9.17) is 9.47 Å². The van der Waals surface area contributed by atoms with Crippen LogP contribution in [0.5, 0.6) is 11.5 Å². The molecule has 3 rings (SSSR count). The molecule has 0 bridgehead atoms. The van der Waals surface area contributed by atoms with Crippen LogP contribution in [0.4, 0.5) is 5.69 Å². The smallest absolute Gasteiger partial charge is 0.260 e. The second kappa shape index (κ2) is 9.23. The summed E-state index contributed by atoms with van der Waals surface area (Å²) >= 11 is 1.28. The van der Waals surface area contributed by atoms with Gasteiger partial charge in [-0.25, -0.2) is 4.99 Å². The quantitative estimate of drug-likeness (QED) is 0.753. The number of rotatable bonds is 8. The Kier molecular flexibility index (Phi) is 6.49. The fourth-order valence-corrected chi connectivity index (χ4v) is 3.46. The molecule has 7 heteroatoms. The maximum absolute atomic E-state index is 12.2. The molecule has 0 aromatic heterocycles. The Bertz CT molecular complexity index is 822. The Labute approximate surface area is 162 Å². The number of thioether (sulfide) groups is 1. The summed E-state index contributed by atoms with van der Waals surface area (Å²) in [4.78, 5) is 28.3. The molecule has 1 heterocycles. The minimum atomic E-state index is -0.512. The summed E-state index contributed by atoms with van der Waals surface area (Å²) < 4.78 is 11.0. The lowest BCUT2D eigenvalue weighted by atomic mass is 10.2. The highest BCUT2D eigenvalue weighted by Gasteiger charge is 2.30. The number of hydrogen-bond acceptors (Lipinski definition) is 5. The van der Waals surface area contributed by atoms with Crippen LogP contribution in [-0.2, 0) is 9.59 Å². The Morgan fingerprint density at radius 2 is 1.78 bits per heavy atom. The van der Waals surface area contributed by atoms with Crippen LogP contribution >= 0.6 is 11.8 Å². The highest BCUT2D eigenvalue weighted by atomic mass is 32.2. The molecule has 0 unspecified atom stereocenters. The number of amides is 2. The van der Waals surface area contributed by atoms with E-state index in [-0.39, 0.29) is 24.8 Å². The van der Waals surface area contributed by atoms with Gasteiger partial charge in [-0.15, -0.1) is 0 Å². The monoisotopic (exact) mass is 384 g/mol. The van der Waals surface area contributed by atoms with Gasteiger partial charge in [-0.05, 0) is 43.3 Å². The van der Waals surface area contributed by atoms with E-state index < -0.39 is 5.25 Å². The topological polar surface area (TPSA) is 77.0 Å². The second-order valence-corrected chi connectivity index (χ2v) is 7.04. The van der Waals surface area contributed by atoms with Crippen LogP contribution in [0.1, 0.15) is 13.3 Å². The van der Waals surface area contributed by atoms with E-state index in [0.717, 1.165) is 5.75 Å². The van der Waals surface area contributed by atoms with Crippen LogP contribution < -0.4 is 14.8 Å². The normalized spacial score (nSPS) is 16.0. The van der Waals surface area contributed by atoms with Gasteiger partial charge in [0.15, 0.2) is 0 Å². The van der Waals surface area contributed by atoms with E-state index in [1.807, 2.05) is 37.3 Å². The third kappa shape index (κ3) is 5.59. The standard InChI is InChI=1S/C20H20N2O4S/c1-2-25-16-10-8-14(9-11-16)21-18(23)12-17-20(24)22-19(27-17)13-26-15-6-4-3-5-7-15/h3-11,17H,2,12-13H2,1H3,(H,21,23)/t17-/m0/s1. The molecule has 0 aliphatic carbocycles. The van der Waals surface area contributed by atoms with Crippen LogP contribution in [0.2, 0.25) is 0 Å². The van der Waals surface area contributed by atoms with Crippen LogP contribution in [0.3, 0.4) is 0 Å². The molecule has 1 N–H and O–H groups in total. The van der Waals surface area contributed by atoms with Crippen LogP contribution in [0.15, 0.2) is 59.6 Å². The van der Waals surface area contributed by atoms with Gasteiger partial charge in [-0.1, -0.05) is 30.0 Å². The molecule has 6 nitrogen and oxygen atoms in total. The van der Waals surface area contributed by atoms with Crippen molar-refractivity contribution in [3.8, 4) is 11.5 Å². The predicted molar refractivity (Wildman–Crippen MR) is 107 cm³/mol. The third-order valence-corrected chi connectivity index (χ3v) is 4.85. The Hall–Kier alpha value is -2.80. The molecule has 1 atom stereocenters. The minimum absolute atomic E-state index is 0.0645. The van der Waals surface area contributed by atoms with Gasteiger partial charge in [-0.2, -0.15) is 0 Å². The van der Waals surface area contributed by atoms with Crippen molar-refractivity contribution in [3.63, 3.8) is 0 Å². The fourth-order valence-electron chi connectivity index (χ4n) is 2.47. The average Bonchev–Trinajstić information content (AvgIpc) is 3.02. The molecule has 140 valence electrons. The van der Waals surface area contributed by atoms with Crippen molar-refractivity contribution in [1.29, 1.82) is 0 Å². The maximum atomic E-state index is 12.2. The van der Waals surface area contributed by atoms with Crippen LogP contribution in [0.25, 0.3) is 0 Å². The number of nitrogens with zero attached hydrogens (tertiary/aromatic N) is 1. The van der Waals surface area contributed by atoms with Gasteiger partial charge in [0.2, 0.25) is 5.91 Å². The first-order valence-electron chi connectivity index (χ1n) is 8.62. The number of benzene rings is 2. The zero-order valence-electron chi connectivity index (χ0n) is 14.9. The van der Waals surface area contributed by atoms with E-state index in [1.165, 1.54) is 11.8 Å². The van der Waals surface area contributed by atoms with E-state index in [9.17, 15) is 9.59 Å². The summed E-state index contributed by atoms with van der Waals surface area (Å²) in [5, 5.41) is 2.86. The van der Waals surface area contributed by atoms with Gasteiger partial charge in [0.25, 0.3) is 5.91 Å². The number of ether oxygens (including phenoxy) is 2. The number of aliphatic imine (C=N–C) groups is 1. The van der Waals surface area contributed by atoms with Gasteiger partial charge in [0.1, 0.15) is 28.4 Å².